The van der Waals surface area contributed by atoms with Crippen LogP contribution in [0.3, 0.4) is 0 Å². The maximum atomic E-state index is 11.9. The quantitative estimate of drug-likeness (QED) is 0.752. The minimum absolute atomic E-state index is 0.0784. The summed E-state index contributed by atoms with van der Waals surface area (Å²) in [6, 6.07) is 0. The molecule has 1 atom stereocenters. The number of carbonyl (C=O) groups is 1. The highest BCUT2D eigenvalue weighted by molar-refractivity contribution is 5.72. The Morgan fingerprint density at radius 3 is 2.44 bits per heavy atom. The molecule has 3 heteroatoms. The SMILES string of the molecule is CC(O)CC(C)(C)OC(=O)C1CCCCC1. The van der Waals surface area contributed by atoms with Crippen LogP contribution < -0.4 is 0 Å². The van der Waals surface area contributed by atoms with Crippen molar-refractivity contribution in [3.8, 4) is 0 Å². The summed E-state index contributed by atoms with van der Waals surface area (Å²) in [7, 11) is 0. The second kappa shape index (κ2) is 5.67. The van der Waals surface area contributed by atoms with E-state index in [1.54, 1.807) is 6.92 Å². The molecule has 16 heavy (non-hydrogen) atoms. The third-order valence-corrected chi connectivity index (χ3v) is 3.10. The van der Waals surface area contributed by atoms with Crippen LogP contribution in [-0.4, -0.2) is 22.8 Å². The van der Waals surface area contributed by atoms with Crippen LogP contribution in [0.4, 0.5) is 0 Å². The zero-order valence-corrected chi connectivity index (χ0v) is 10.7. The van der Waals surface area contributed by atoms with Crippen molar-refractivity contribution in [2.45, 2.75) is 71.0 Å². The lowest BCUT2D eigenvalue weighted by Gasteiger charge is -2.29. The first-order valence-corrected chi connectivity index (χ1v) is 6.31. The van der Waals surface area contributed by atoms with Gasteiger partial charge in [-0.15, -0.1) is 0 Å². The van der Waals surface area contributed by atoms with Gasteiger partial charge in [-0.1, -0.05) is 19.3 Å². The molecule has 1 aliphatic carbocycles. The first kappa shape index (κ1) is 13.5. The van der Waals surface area contributed by atoms with Gasteiger partial charge in [0.2, 0.25) is 0 Å². The first-order valence-electron chi connectivity index (χ1n) is 6.31. The molecule has 1 unspecified atom stereocenters. The lowest BCUT2D eigenvalue weighted by Crippen LogP contribution is -2.34. The molecule has 94 valence electrons. The number of aliphatic hydroxyl groups excluding tert-OH is 1. The van der Waals surface area contributed by atoms with Gasteiger partial charge in [0.25, 0.3) is 0 Å². The Morgan fingerprint density at radius 2 is 1.94 bits per heavy atom. The standard InChI is InChI=1S/C13H24O3/c1-10(14)9-13(2,3)16-12(15)11-7-5-4-6-8-11/h10-11,14H,4-9H2,1-3H3. The number of hydrogen-bond acceptors (Lipinski definition) is 3. The van der Waals surface area contributed by atoms with Crippen molar-refractivity contribution < 1.29 is 14.6 Å². The van der Waals surface area contributed by atoms with Gasteiger partial charge in [0.05, 0.1) is 12.0 Å². The number of aliphatic hydroxyl groups is 1. The Morgan fingerprint density at radius 1 is 1.38 bits per heavy atom. The maximum absolute atomic E-state index is 11.9. The van der Waals surface area contributed by atoms with Crippen LogP contribution in [0.25, 0.3) is 0 Å². The number of ether oxygens (including phenoxy) is 1. The Balaban J connectivity index is 2.42. The van der Waals surface area contributed by atoms with Gasteiger partial charge in [-0.3, -0.25) is 4.79 Å². The summed E-state index contributed by atoms with van der Waals surface area (Å²) >= 11 is 0. The summed E-state index contributed by atoms with van der Waals surface area (Å²) in [5, 5.41) is 9.32. The average Bonchev–Trinajstić information content (AvgIpc) is 2.16. The van der Waals surface area contributed by atoms with Gasteiger partial charge < -0.3 is 9.84 Å². The van der Waals surface area contributed by atoms with E-state index in [0.717, 1.165) is 25.7 Å². The zero-order chi connectivity index (χ0) is 12.2. The van der Waals surface area contributed by atoms with Crippen LogP contribution in [0.1, 0.15) is 59.3 Å². The number of esters is 1. The van der Waals surface area contributed by atoms with Crippen LogP contribution in [0.15, 0.2) is 0 Å². The van der Waals surface area contributed by atoms with Crippen molar-refractivity contribution in [2.24, 2.45) is 5.92 Å². The second-order valence-corrected chi connectivity index (χ2v) is 5.57. The molecule has 1 rings (SSSR count). The molecule has 0 bridgehead atoms. The molecule has 0 saturated heterocycles. The fourth-order valence-electron chi connectivity index (χ4n) is 2.45. The lowest BCUT2D eigenvalue weighted by molar-refractivity contribution is -0.165. The van der Waals surface area contributed by atoms with E-state index in [1.165, 1.54) is 6.42 Å². The first-order chi connectivity index (χ1) is 7.41. The molecule has 1 fully saturated rings. The molecule has 0 aromatic carbocycles. The van der Waals surface area contributed by atoms with Gasteiger partial charge in [0.15, 0.2) is 0 Å². The number of rotatable bonds is 4. The van der Waals surface area contributed by atoms with Gasteiger partial charge in [-0.2, -0.15) is 0 Å². The van der Waals surface area contributed by atoms with E-state index >= 15 is 0 Å². The third kappa shape index (κ3) is 4.52. The van der Waals surface area contributed by atoms with Crippen LogP contribution in [0.5, 0.6) is 0 Å². The molecule has 1 aliphatic rings. The van der Waals surface area contributed by atoms with Crippen molar-refractivity contribution >= 4 is 5.97 Å². The largest absolute Gasteiger partial charge is 0.459 e. The Bertz CT molecular complexity index is 227. The molecule has 3 nitrogen and oxygen atoms in total. The van der Waals surface area contributed by atoms with E-state index in [4.69, 9.17) is 4.74 Å². The second-order valence-electron chi connectivity index (χ2n) is 5.57. The highest BCUT2D eigenvalue weighted by atomic mass is 16.6. The zero-order valence-electron chi connectivity index (χ0n) is 10.7. The van der Waals surface area contributed by atoms with E-state index < -0.39 is 11.7 Å². The summed E-state index contributed by atoms with van der Waals surface area (Å²) in [5.41, 5.74) is -0.553. The van der Waals surface area contributed by atoms with Crippen LogP contribution in [0.2, 0.25) is 0 Å². The van der Waals surface area contributed by atoms with E-state index in [-0.39, 0.29) is 11.9 Å². The van der Waals surface area contributed by atoms with E-state index in [2.05, 4.69) is 0 Å². The topological polar surface area (TPSA) is 46.5 Å². The molecule has 0 radical (unpaired) electrons. The fraction of sp³-hybridized carbons (Fsp3) is 0.923. The molecular formula is C13H24O3. The van der Waals surface area contributed by atoms with Gasteiger partial charge in [0.1, 0.15) is 5.60 Å². The summed E-state index contributed by atoms with van der Waals surface area (Å²) in [4.78, 5) is 11.9. The normalized spacial score (nSPS) is 20.5. The van der Waals surface area contributed by atoms with E-state index in [9.17, 15) is 9.90 Å². The molecule has 1 N–H and O–H groups in total. The Labute approximate surface area is 98.2 Å². The Kier molecular flexibility index (Phi) is 4.78. The van der Waals surface area contributed by atoms with Crippen molar-refractivity contribution in [3.05, 3.63) is 0 Å². The smallest absolute Gasteiger partial charge is 0.309 e. The van der Waals surface area contributed by atoms with Gasteiger partial charge in [0, 0.05) is 6.42 Å². The summed E-state index contributed by atoms with van der Waals surface area (Å²) in [5.74, 6) is 0.00683. The van der Waals surface area contributed by atoms with Gasteiger partial charge in [-0.05, 0) is 33.6 Å². The van der Waals surface area contributed by atoms with Crippen molar-refractivity contribution in [1.29, 1.82) is 0 Å². The average molecular weight is 228 g/mol. The summed E-state index contributed by atoms with van der Waals surface area (Å²) < 4.78 is 5.49. The highest BCUT2D eigenvalue weighted by Crippen LogP contribution is 2.27. The maximum Gasteiger partial charge on any atom is 0.309 e. The molecule has 0 aliphatic heterocycles. The molecular weight excluding hydrogens is 204 g/mol. The molecule has 0 aromatic rings. The minimum atomic E-state index is -0.553. The molecule has 0 spiro atoms. The van der Waals surface area contributed by atoms with E-state index in [1.807, 2.05) is 13.8 Å². The molecule has 0 heterocycles. The fourth-order valence-corrected chi connectivity index (χ4v) is 2.45. The number of carbonyl (C=O) groups excluding carboxylic acids is 1. The predicted octanol–water partition coefficient (Wildman–Crippen LogP) is 2.66. The van der Waals surface area contributed by atoms with E-state index in [0.29, 0.717) is 6.42 Å². The number of hydrogen-bond donors (Lipinski definition) is 1. The third-order valence-electron chi connectivity index (χ3n) is 3.10. The lowest BCUT2D eigenvalue weighted by atomic mass is 9.89. The molecule has 0 aromatic heterocycles. The van der Waals surface area contributed by atoms with Crippen molar-refractivity contribution in [3.63, 3.8) is 0 Å². The summed E-state index contributed by atoms with van der Waals surface area (Å²) in [6.45, 7) is 5.44. The van der Waals surface area contributed by atoms with Gasteiger partial charge in [-0.25, -0.2) is 0 Å². The monoisotopic (exact) mass is 228 g/mol. The molecule has 1 saturated carbocycles. The minimum Gasteiger partial charge on any atom is -0.459 e. The van der Waals surface area contributed by atoms with Crippen LogP contribution >= 0.6 is 0 Å². The molecule has 0 amide bonds. The predicted molar refractivity (Wildman–Crippen MR) is 63.0 cm³/mol. The van der Waals surface area contributed by atoms with Crippen LogP contribution in [0, 0.1) is 5.92 Å². The van der Waals surface area contributed by atoms with Crippen molar-refractivity contribution in [1.82, 2.24) is 0 Å². The highest BCUT2D eigenvalue weighted by Gasteiger charge is 2.29. The van der Waals surface area contributed by atoms with Gasteiger partial charge >= 0.3 is 5.97 Å². The summed E-state index contributed by atoms with van der Waals surface area (Å²) in [6.07, 6.45) is 5.49. The Hall–Kier alpha value is -0.570. The van der Waals surface area contributed by atoms with Crippen LogP contribution in [-0.2, 0) is 9.53 Å². The van der Waals surface area contributed by atoms with Crippen molar-refractivity contribution in [2.75, 3.05) is 0 Å².